The second-order valence-corrected chi connectivity index (χ2v) is 7.44. The normalized spacial score (nSPS) is 20.6. The number of allylic oxidation sites excluding steroid dienone is 1. The van der Waals surface area contributed by atoms with Crippen molar-refractivity contribution in [2.45, 2.75) is 39.3 Å². The molecule has 2 atom stereocenters. The number of aryl methyl sites for hydroxylation is 1. The van der Waals surface area contributed by atoms with Gasteiger partial charge in [0.2, 0.25) is 0 Å². The van der Waals surface area contributed by atoms with Crippen molar-refractivity contribution in [3.63, 3.8) is 0 Å². The molecule has 0 amide bonds. The largest absolute Gasteiger partial charge is 0.361 e. The molecule has 0 radical (unpaired) electrons. The van der Waals surface area contributed by atoms with Crippen LogP contribution in [-0.4, -0.2) is 35.2 Å². The van der Waals surface area contributed by atoms with Crippen molar-refractivity contribution < 1.29 is 18.3 Å². The molecule has 0 spiro atoms. The Balaban J connectivity index is 2.00. The van der Waals surface area contributed by atoms with Crippen LogP contribution in [0.25, 0.3) is 0 Å². The smallest absolute Gasteiger partial charge is 0.356 e. The summed E-state index contributed by atoms with van der Waals surface area (Å²) in [6.07, 6.45) is 5.22. The van der Waals surface area contributed by atoms with Crippen LogP contribution < -0.4 is 11.2 Å². The molecular formula is C15H23N2O6P. The van der Waals surface area contributed by atoms with E-state index in [1.165, 1.54) is 10.8 Å². The Morgan fingerprint density at radius 1 is 1.25 bits per heavy atom. The van der Waals surface area contributed by atoms with Crippen molar-refractivity contribution in [3.8, 4) is 0 Å². The van der Waals surface area contributed by atoms with E-state index < -0.39 is 13.3 Å². The number of hydrogen-bond acceptors (Lipinski definition) is 6. The molecule has 0 saturated carbocycles. The molecule has 24 heavy (non-hydrogen) atoms. The van der Waals surface area contributed by atoms with Crippen LogP contribution in [0, 0.1) is 6.92 Å². The third-order valence-electron chi connectivity index (χ3n) is 3.62. The molecule has 8 nitrogen and oxygen atoms in total. The molecule has 9 heteroatoms. The Bertz CT molecular complexity index is 743. The first-order valence-corrected chi connectivity index (χ1v) is 9.61. The van der Waals surface area contributed by atoms with Gasteiger partial charge in [0.05, 0.1) is 25.4 Å². The molecule has 0 aromatic carbocycles. The topological polar surface area (TPSA) is 99.6 Å². The molecule has 1 aromatic heterocycles. The van der Waals surface area contributed by atoms with Gasteiger partial charge in [0.1, 0.15) is 6.35 Å². The van der Waals surface area contributed by atoms with Gasteiger partial charge in [-0.15, -0.1) is 0 Å². The lowest BCUT2D eigenvalue weighted by atomic mass is 10.2. The highest BCUT2D eigenvalue weighted by Gasteiger charge is 2.28. The quantitative estimate of drug-likeness (QED) is 0.563. The molecule has 1 heterocycles. The van der Waals surface area contributed by atoms with Crippen molar-refractivity contribution in [3.05, 3.63) is 44.8 Å². The van der Waals surface area contributed by atoms with E-state index >= 15 is 0 Å². The number of H-pyrrole nitrogens is 1. The van der Waals surface area contributed by atoms with E-state index in [1.54, 1.807) is 26.8 Å². The Morgan fingerprint density at radius 3 is 2.54 bits per heavy atom. The third-order valence-corrected chi connectivity index (χ3v) is 5.39. The highest BCUT2D eigenvalue weighted by Crippen LogP contribution is 2.48. The molecule has 1 aliphatic rings. The fourth-order valence-corrected chi connectivity index (χ4v) is 3.89. The maximum atomic E-state index is 12.4. The molecule has 1 aliphatic carbocycles. The summed E-state index contributed by atoms with van der Waals surface area (Å²) in [5.74, 6) is 0. The summed E-state index contributed by atoms with van der Waals surface area (Å²) in [5.41, 5.74) is -0.389. The van der Waals surface area contributed by atoms with Gasteiger partial charge in [-0.2, -0.15) is 0 Å². The summed E-state index contributed by atoms with van der Waals surface area (Å²) < 4.78 is 29.8. The lowest BCUT2D eigenvalue weighted by Gasteiger charge is -2.20. The fourth-order valence-electron chi connectivity index (χ4n) is 2.50. The summed E-state index contributed by atoms with van der Waals surface area (Å²) in [6, 6.07) is -0.225. The minimum Gasteiger partial charge on any atom is -0.361 e. The number of nitrogens with zero attached hydrogens (tertiary/aromatic N) is 1. The van der Waals surface area contributed by atoms with Crippen LogP contribution in [0.5, 0.6) is 0 Å². The summed E-state index contributed by atoms with van der Waals surface area (Å²) in [6.45, 7) is 5.66. The van der Waals surface area contributed by atoms with Crippen molar-refractivity contribution in [1.82, 2.24) is 9.55 Å². The van der Waals surface area contributed by atoms with Crippen molar-refractivity contribution in [1.29, 1.82) is 0 Å². The van der Waals surface area contributed by atoms with E-state index in [0.717, 1.165) is 0 Å². The van der Waals surface area contributed by atoms with E-state index in [0.29, 0.717) is 12.0 Å². The first-order valence-electron chi connectivity index (χ1n) is 7.88. The van der Waals surface area contributed by atoms with Crippen LogP contribution in [0.4, 0.5) is 0 Å². The Morgan fingerprint density at radius 2 is 1.92 bits per heavy atom. The Hall–Kier alpha value is -1.47. The number of nitrogens with one attached hydrogen (secondary N) is 1. The lowest BCUT2D eigenvalue weighted by Crippen LogP contribution is -2.32. The Labute approximate surface area is 140 Å². The highest BCUT2D eigenvalue weighted by molar-refractivity contribution is 7.53. The second-order valence-electron chi connectivity index (χ2n) is 5.45. The Kier molecular flexibility index (Phi) is 6.34. The number of rotatable bonds is 8. The predicted molar refractivity (Wildman–Crippen MR) is 89.5 cm³/mol. The molecule has 134 valence electrons. The fraction of sp³-hybridized carbons (Fsp3) is 0.600. The van der Waals surface area contributed by atoms with Gasteiger partial charge in [-0.1, -0.05) is 12.2 Å². The lowest BCUT2D eigenvalue weighted by molar-refractivity contribution is 0.0893. The number of aromatic nitrogens is 2. The molecule has 0 aliphatic heterocycles. The van der Waals surface area contributed by atoms with Gasteiger partial charge in [-0.05, 0) is 20.8 Å². The SMILES string of the molecule is CCOP(=O)(CO[C@@H]1C=C[C@H](n2cc(C)c(=O)[nH]c2=O)C1)OCC. The van der Waals surface area contributed by atoms with Crippen LogP contribution in [-0.2, 0) is 18.3 Å². The van der Waals surface area contributed by atoms with Crippen LogP contribution in [0.1, 0.15) is 31.9 Å². The zero-order valence-corrected chi connectivity index (χ0v) is 15.0. The van der Waals surface area contributed by atoms with Gasteiger partial charge in [0.15, 0.2) is 0 Å². The molecule has 1 aromatic rings. The van der Waals surface area contributed by atoms with Crippen LogP contribution in [0.15, 0.2) is 27.9 Å². The second kappa shape index (κ2) is 8.07. The molecule has 0 unspecified atom stereocenters. The molecular weight excluding hydrogens is 335 g/mol. The maximum Gasteiger partial charge on any atom is 0.356 e. The van der Waals surface area contributed by atoms with E-state index in [2.05, 4.69) is 4.98 Å². The third kappa shape index (κ3) is 4.54. The van der Waals surface area contributed by atoms with Gasteiger partial charge in [-0.25, -0.2) is 4.79 Å². The molecule has 0 fully saturated rings. The minimum atomic E-state index is -3.26. The molecule has 0 bridgehead atoms. The average molecular weight is 358 g/mol. The number of aromatic amines is 1. The average Bonchev–Trinajstić information content (AvgIpc) is 2.98. The minimum absolute atomic E-state index is 0.143. The van der Waals surface area contributed by atoms with E-state index in [1.807, 2.05) is 6.08 Å². The van der Waals surface area contributed by atoms with Crippen LogP contribution in [0.2, 0.25) is 0 Å². The standard InChI is InChI=1S/C15H23N2O6P/c1-4-22-24(20,23-5-2)10-21-13-7-6-12(8-13)17-9-11(3)14(18)16-15(17)19/h6-7,9,12-13H,4-5,8,10H2,1-3H3,(H,16,18,19)/t12-,13+/m0/s1. The number of ether oxygens (including phenoxy) is 1. The number of hydrogen-bond donors (Lipinski definition) is 1. The predicted octanol–water partition coefficient (Wildman–Crippen LogP) is 1.95. The summed E-state index contributed by atoms with van der Waals surface area (Å²) in [4.78, 5) is 25.6. The van der Waals surface area contributed by atoms with Gasteiger partial charge < -0.3 is 13.8 Å². The first kappa shape index (κ1) is 18.9. The zero-order chi connectivity index (χ0) is 17.7. The summed E-state index contributed by atoms with van der Waals surface area (Å²) in [5, 5.41) is 0. The van der Waals surface area contributed by atoms with Gasteiger partial charge in [0.25, 0.3) is 5.56 Å². The summed E-state index contributed by atoms with van der Waals surface area (Å²) >= 11 is 0. The van der Waals surface area contributed by atoms with Gasteiger partial charge in [-0.3, -0.25) is 18.9 Å². The zero-order valence-electron chi connectivity index (χ0n) is 14.1. The highest BCUT2D eigenvalue weighted by atomic mass is 31.2. The van der Waals surface area contributed by atoms with Crippen LogP contribution in [0.3, 0.4) is 0 Å². The van der Waals surface area contributed by atoms with Crippen molar-refractivity contribution >= 4 is 7.60 Å². The first-order chi connectivity index (χ1) is 11.4. The maximum absolute atomic E-state index is 12.4. The molecule has 2 rings (SSSR count). The van der Waals surface area contributed by atoms with Crippen molar-refractivity contribution in [2.24, 2.45) is 0 Å². The van der Waals surface area contributed by atoms with E-state index in [4.69, 9.17) is 13.8 Å². The van der Waals surface area contributed by atoms with E-state index in [-0.39, 0.29) is 37.3 Å². The van der Waals surface area contributed by atoms with Crippen molar-refractivity contribution in [2.75, 3.05) is 19.6 Å². The van der Waals surface area contributed by atoms with Gasteiger partial charge in [0, 0.05) is 18.2 Å². The van der Waals surface area contributed by atoms with Crippen LogP contribution >= 0.6 is 7.60 Å². The van der Waals surface area contributed by atoms with Gasteiger partial charge >= 0.3 is 13.3 Å². The molecule has 0 saturated heterocycles. The van der Waals surface area contributed by atoms with E-state index in [9.17, 15) is 14.2 Å². The molecule has 1 N–H and O–H groups in total. The monoisotopic (exact) mass is 358 g/mol. The summed E-state index contributed by atoms with van der Waals surface area (Å²) in [7, 11) is -3.26.